The molecule has 3 heteroatoms. The highest BCUT2D eigenvalue weighted by atomic mass is 16.5. The highest BCUT2D eigenvalue weighted by Gasteiger charge is 2.06. The Morgan fingerprint density at radius 1 is 1.29 bits per heavy atom. The van der Waals surface area contributed by atoms with Crippen molar-refractivity contribution in [3.63, 3.8) is 0 Å². The SMILES string of the molecule is C=C/C=C(\C=C)COC[C@@H](CC=C)OCC=N. The third-order valence-electron chi connectivity index (χ3n) is 2.01. The maximum Gasteiger partial charge on any atom is 0.0847 e. The highest BCUT2D eigenvalue weighted by Crippen LogP contribution is 2.03. The van der Waals surface area contributed by atoms with E-state index < -0.39 is 0 Å². The first-order valence-corrected chi connectivity index (χ1v) is 5.51. The first-order valence-electron chi connectivity index (χ1n) is 5.51. The normalized spacial score (nSPS) is 12.8. The molecule has 0 aromatic heterocycles. The summed E-state index contributed by atoms with van der Waals surface area (Å²) < 4.78 is 10.9. The molecule has 0 radical (unpaired) electrons. The van der Waals surface area contributed by atoms with Crippen LogP contribution in [0.3, 0.4) is 0 Å². The van der Waals surface area contributed by atoms with Crippen molar-refractivity contribution in [2.24, 2.45) is 0 Å². The molecule has 0 rings (SSSR count). The molecule has 0 unspecified atom stereocenters. The molecular weight excluding hydrogens is 214 g/mol. The van der Waals surface area contributed by atoms with Gasteiger partial charge in [-0.05, 0) is 12.0 Å². The zero-order chi connectivity index (χ0) is 12.9. The van der Waals surface area contributed by atoms with Crippen molar-refractivity contribution in [1.82, 2.24) is 0 Å². The number of rotatable bonds is 11. The fourth-order valence-electron chi connectivity index (χ4n) is 1.19. The molecule has 0 saturated carbocycles. The lowest BCUT2D eigenvalue weighted by Gasteiger charge is -2.15. The molecule has 0 aliphatic rings. The van der Waals surface area contributed by atoms with Gasteiger partial charge in [-0.1, -0.05) is 37.5 Å². The van der Waals surface area contributed by atoms with Gasteiger partial charge in [-0.3, -0.25) is 0 Å². The van der Waals surface area contributed by atoms with Crippen molar-refractivity contribution in [1.29, 1.82) is 5.41 Å². The van der Waals surface area contributed by atoms with Crippen LogP contribution in [0.15, 0.2) is 49.6 Å². The molecule has 0 heterocycles. The van der Waals surface area contributed by atoms with E-state index in [2.05, 4.69) is 19.7 Å². The minimum Gasteiger partial charge on any atom is -0.374 e. The fraction of sp³-hybridized carbons (Fsp3) is 0.357. The average molecular weight is 235 g/mol. The van der Waals surface area contributed by atoms with E-state index in [1.807, 2.05) is 6.08 Å². The molecular formula is C14H21NO2. The second-order valence-electron chi connectivity index (χ2n) is 3.38. The fourth-order valence-corrected chi connectivity index (χ4v) is 1.19. The predicted octanol–water partition coefficient (Wildman–Crippen LogP) is 2.91. The summed E-state index contributed by atoms with van der Waals surface area (Å²) in [5.41, 5.74) is 0.976. The molecule has 0 saturated heterocycles. The van der Waals surface area contributed by atoms with Gasteiger partial charge in [-0.2, -0.15) is 0 Å². The number of hydrogen-bond donors (Lipinski definition) is 1. The first-order chi connectivity index (χ1) is 8.28. The Balaban J connectivity index is 3.98. The van der Waals surface area contributed by atoms with E-state index in [0.717, 1.165) is 5.57 Å². The lowest BCUT2D eigenvalue weighted by atomic mass is 10.2. The molecule has 0 fully saturated rings. The third kappa shape index (κ3) is 8.37. The quantitative estimate of drug-likeness (QED) is 0.340. The number of allylic oxidation sites excluding steroid dienone is 2. The molecule has 3 nitrogen and oxygen atoms in total. The van der Waals surface area contributed by atoms with Crippen molar-refractivity contribution < 1.29 is 9.47 Å². The van der Waals surface area contributed by atoms with Crippen molar-refractivity contribution in [2.45, 2.75) is 12.5 Å². The molecule has 0 bridgehead atoms. The minimum absolute atomic E-state index is 0.0519. The van der Waals surface area contributed by atoms with Crippen LogP contribution >= 0.6 is 0 Å². The average Bonchev–Trinajstić information content (AvgIpc) is 2.34. The van der Waals surface area contributed by atoms with Gasteiger partial charge in [0.15, 0.2) is 0 Å². The lowest BCUT2D eigenvalue weighted by Crippen LogP contribution is -2.20. The van der Waals surface area contributed by atoms with Gasteiger partial charge < -0.3 is 14.9 Å². The topological polar surface area (TPSA) is 42.3 Å². The van der Waals surface area contributed by atoms with Gasteiger partial charge in [0.25, 0.3) is 0 Å². The van der Waals surface area contributed by atoms with Crippen LogP contribution in [-0.2, 0) is 9.47 Å². The summed E-state index contributed by atoms with van der Waals surface area (Å²) in [7, 11) is 0. The van der Waals surface area contributed by atoms with Crippen LogP contribution in [0, 0.1) is 5.41 Å². The summed E-state index contributed by atoms with van der Waals surface area (Å²) in [6.07, 6.45) is 8.96. The highest BCUT2D eigenvalue weighted by molar-refractivity contribution is 5.54. The number of hydrogen-bond acceptors (Lipinski definition) is 3. The summed E-state index contributed by atoms with van der Waals surface area (Å²) in [5.74, 6) is 0. The summed E-state index contributed by atoms with van der Waals surface area (Å²) >= 11 is 0. The Morgan fingerprint density at radius 2 is 2.06 bits per heavy atom. The Hall–Kier alpha value is -1.45. The molecule has 0 amide bonds. The van der Waals surface area contributed by atoms with Crippen LogP contribution in [0.1, 0.15) is 6.42 Å². The summed E-state index contributed by atoms with van der Waals surface area (Å²) in [4.78, 5) is 0. The van der Waals surface area contributed by atoms with E-state index in [1.54, 1.807) is 18.2 Å². The smallest absolute Gasteiger partial charge is 0.0847 e. The molecule has 1 atom stereocenters. The molecule has 0 aromatic rings. The Labute approximate surface area is 104 Å². The van der Waals surface area contributed by atoms with Gasteiger partial charge in [0.1, 0.15) is 0 Å². The van der Waals surface area contributed by atoms with Crippen molar-refractivity contribution in [3.8, 4) is 0 Å². The van der Waals surface area contributed by atoms with E-state index in [0.29, 0.717) is 26.2 Å². The van der Waals surface area contributed by atoms with Crippen LogP contribution in [0.5, 0.6) is 0 Å². The van der Waals surface area contributed by atoms with E-state index in [-0.39, 0.29) is 6.10 Å². The van der Waals surface area contributed by atoms with Gasteiger partial charge in [0.2, 0.25) is 0 Å². The molecule has 94 valence electrons. The van der Waals surface area contributed by atoms with Crippen LogP contribution in [0.25, 0.3) is 0 Å². The molecule has 0 spiro atoms. The summed E-state index contributed by atoms with van der Waals surface area (Å²) in [5, 5.41) is 6.91. The molecule has 1 N–H and O–H groups in total. The van der Waals surface area contributed by atoms with Gasteiger partial charge in [-0.25, -0.2) is 0 Å². The van der Waals surface area contributed by atoms with Gasteiger partial charge in [0, 0.05) is 6.21 Å². The zero-order valence-corrected chi connectivity index (χ0v) is 10.2. The van der Waals surface area contributed by atoms with Crippen LogP contribution in [0.4, 0.5) is 0 Å². The van der Waals surface area contributed by atoms with E-state index in [1.165, 1.54) is 6.21 Å². The third-order valence-corrected chi connectivity index (χ3v) is 2.01. The van der Waals surface area contributed by atoms with Gasteiger partial charge in [-0.15, -0.1) is 6.58 Å². The van der Waals surface area contributed by atoms with Crippen molar-refractivity contribution in [2.75, 3.05) is 19.8 Å². The Bertz CT molecular complexity index is 282. The zero-order valence-electron chi connectivity index (χ0n) is 10.2. The van der Waals surface area contributed by atoms with E-state index in [9.17, 15) is 0 Å². The van der Waals surface area contributed by atoms with Crippen LogP contribution in [0.2, 0.25) is 0 Å². The molecule has 0 aromatic carbocycles. The minimum atomic E-state index is -0.0519. The lowest BCUT2D eigenvalue weighted by molar-refractivity contribution is 0.00779. The molecule has 0 aliphatic heterocycles. The molecule has 0 aliphatic carbocycles. The Kier molecular flexibility index (Phi) is 10.1. The maximum atomic E-state index is 6.91. The van der Waals surface area contributed by atoms with E-state index in [4.69, 9.17) is 14.9 Å². The maximum absolute atomic E-state index is 6.91. The summed E-state index contributed by atoms with van der Waals surface area (Å²) in [6, 6.07) is 0. The van der Waals surface area contributed by atoms with Crippen LogP contribution < -0.4 is 0 Å². The second kappa shape index (κ2) is 11.0. The van der Waals surface area contributed by atoms with Gasteiger partial charge >= 0.3 is 0 Å². The standard InChI is InChI=1S/C14H21NO2/c1-4-7-13(6-3)11-16-12-14(8-5-2)17-10-9-15/h4-7,9,14-15H,1-3,8,10-12H2/b13-7+,15-9?/t14-/m1/s1. The van der Waals surface area contributed by atoms with Crippen LogP contribution in [-0.4, -0.2) is 32.1 Å². The van der Waals surface area contributed by atoms with E-state index >= 15 is 0 Å². The second-order valence-corrected chi connectivity index (χ2v) is 3.38. The Morgan fingerprint density at radius 3 is 2.59 bits per heavy atom. The van der Waals surface area contributed by atoms with Crippen molar-refractivity contribution >= 4 is 6.21 Å². The predicted molar refractivity (Wildman–Crippen MR) is 72.6 cm³/mol. The molecule has 17 heavy (non-hydrogen) atoms. The summed E-state index contributed by atoms with van der Waals surface area (Å²) in [6.45, 7) is 12.2. The van der Waals surface area contributed by atoms with Gasteiger partial charge in [0.05, 0.1) is 25.9 Å². The first kappa shape index (κ1) is 15.6. The number of nitrogens with one attached hydrogen (secondary N) is 1. The number of ether oxygens (including phenoxy) is 2. The monoisotopic (exact) mass is 235 g/mol. The van der Waals surface area contributed by atoms with Crippen molar-refractivity contribution in [3.05, 3.63) is 49.6 Å². The largest absolute Gasteiger partial charge is 0.374 e.